The fourth-order valence-corrected chi connectivity index (χ4v) is 1.61. The van der Waals surface area contributed by atoms with Gasteiger partial charge in [0, 0.05) is 0 Å². The summed E-state index contributed by atoms with van der Waals surface area (Å²) in [5.74, 6) is -0.750. The molecule has 0 spiro atoms. The molecule has 0 saturated carbocycles. The highest BCUT2D eigenvalue weighted by molar-refractivity contribution is 5.85. The molecule has 12 heavy (non-hydrogen) atoms. The van der Waals surface area contributed by atoms with Crippen LogP contribution in [0.25, 0.3) is 0 Å². The molecule has 1 heterocycles. The molecule has 1 unspecified atom stereocenters. The van der Waals surface area contributed by atoms with E-state index in [9.17, 15) is 4.79 Å². The molecule has 3 N–H and O–H groups in total. The minimum absolute atomic E-state index is 0. The van der Waals surface area contributed by atoms with Crippen molar-refractivity contribution >= 4 is 18.4 Å². The Morgan fingerprint density at radius 3 is 2.58 bits per heavy atom. The van der Waals surface area contributed by atoms with Gasteiger partial charge in [-0.15, -0.1) is 12.4 Å². The predicted molar refractivity (Wildman–Crippen MR) is 48.3 cm³/mol. The molecule has 0 aromatic rings. The molecule has 72 valence electrons. The van der Waals surface area contributed by atoms with Crippen molar-refractivity contribution in [2.24, 2.45) is 5.73 Å². The zero-order valence-corrected chi connectivity index (χ0v) is 7.88. The molecular formula is C7H15ClN2O2. The lowest BCUT2D eigenvalue weighted by Gasteiger charge is -2.22. The first-order chi connectivity index (χ1) is 5.16. The van der Waals surface area contributed by atoms with Gasteiger partial charge in [-0.25, -0.2) is 0 Å². The van der Waals surface area contributed by atoms with Crippen LogP contribution in [0.15, 0.2) is 0 Å². The lowest BCUT2D eigenvalue weighted by molar-refractivity contribution is -0.142. The highest BCUT2D eigenvalue weighted by Crippen LogP contribution is 2.20. The quantitative estimate of drug-likeness (QED) is 0.662. The highest BCUT2D eigenvalue weighted by atomic mass is 35.5. The number of nitrogens with two attached hydrogens (primary N) is 1. The van der Waals surface area contributed by atoms with Crippen LogP contribution in [-0.4, -0.2) is 34.7 Å². The van der Waals surface area contributed by atoms with Gasteiger partial charge in [0.1, 0.15) is 6.04 Å². The molecule has 0 radical (unpaired) electrons. The first kappa shape index (κ1) is 11.7. The molecule has 0 amide bonds. The van der Waals surface area contributed by atoms with Gasteiger partial charge >= 0.3 is 5.97 Å². The molecule has 1 saturated heterocycles. The van der Waals surface area contributed by atoms with Gasteiger partial charge in [0.15, 0.2) is 0 Å². The Kier molecular flexibility index (Phi) is 4.52. The lowest BCUT2D eigenvalue weighted by Crippen LogP contribution is -2.44. The van der Waals surface area contributed by atoms with Crippen molar-refractivity contribution in [3.05, 3.63) is 0 Å². The Balaban J connectivity index is 0.00000121. The number of rotatable bonds is 2. The smallest absolute Gasteiger partial charge is 0.320 e. The zero-order valence-electron chi connectivity index (χ0n) is 7.06. The van der Waals surface area contributed by atoms with Gasteiger partial charge in [0.25, 0.3) is 0 Å². The molecule has 0 aliphatic carbocycles. The fourth-order valence-electron chi connectivity index (χ4n) is 1.61. The highest BCUT2D eigenvalue weighted by Gasteiger charge is 2.34. The van der Waals surface area contributed by atoms with E-state index in [1.165, 1.54) is 0 Å². The van der Waals surface area contributed by atoms with Crippen molar-refractivity contribution in [2.75, 3.05) is 6.54 Å². The molecule has 5 heteroatoms. The predicted octanol–water partition coefficient (Wildman–Crippen LogP) is 0.262. The number of hydrogen-bond acceptors (Lipinski definition) is 3. The van der Waals surface area contributed by atoms with E-state index in [0.717, 1.165) is 13.0 Å². The van der Waals surface area contributed by atoms with Crippen LogP contribution in [0.3, 0.4) is 0 Å². The molecule has 1 aliphatic heterocycles. The maximum absolute atomic E-state index is 10.6. The van der Waals surface area contributed by atoms with Crippen molar-refractivity contribution in [1.82, 2.24) is 4.90 Å². The minimum atomic E-state index is -0.750. The van der Waals surface area contributed by atoms with Crippen LogP contribution in [0, 0.1) is 0 Å². The summed E-state index contributed by atoms with van der Waals surface area (Å²) < 4.78 is 0. The van der Waals surface area contributed by atoms with E-state index >= 15 is 0 Å². The third-order valence-electron chi connectivity index (χ3n) is 2.21. The largest absolute Gasteiger partial charge is 0.480 e. The molecule has 1 rings (SSSR count). The summed E-state index contributed by atoms with van der Waals surface area (Å²) >= 11 is 0. The van der Waals surface area contributed by atoms with Crippen LogP contribution < -0.4 is 5.73 Å². The van der Waals surface area contributed by atoms with Crippen molar-refractivity contribution < 1.29 is 9.90 Å². The topological polar surface area (TPSA) is 66.6 Å². The average Bonchev–Trinajstić information content (AvgIpc) is 2.30. The van der Waals surface area contributed by atoms with Crippen LogP contribution >= 0.6 is 12.4 Å². The minimum Gasteiger partial charge on any atom is -0.480 e. The van der Waals surface area contributed by atoms with E-state index in [2.05, 4.69) is 0 Å². The second-order valence-corrected chi connectivity index (χ2v) is 2.83. The Morgan fingerprint density at radius 2 is 2.25 bits per heavy atom. The molecule has 0 bridgehead atoms. The van der Waals surface area contributed by atoms with Crippen LogP contribution in [0.1, 0.15) is 19.8 Å². The number of carbonyl (C=O) groups is 1. The van der Waals surface area contributed by atoms with Crippen LogP contribution in [0.4, 0.5) is 0 Å². The molecule has 4 nitrogen and oxygen atoms in total. The Bertz CT molecular complexity index is 165. The molecule has 1 aliphatic rings. The Labute approximate surface area is 78.1 Å². The molecular weight excluding hydrogens is 180 g/mol. The van der Waals surface area contributed by atoms with Crippen LogP contribution in [-0.2, 0) is 4.79 Å². The van der Waals surface area contributed by atoms with Gasteiger partial charge in [0.05, 0.1) is 6.17 Å². The Morgan fingerprint density at radius 1 is 1.67 bits per heavy atom. The third-order valence-corrected chi connectivity index (χ3v) is 2.21. The summed E-state index contributed by atoms with van der Waals surface area (Å²) in [5, 5.41) is 8.74. The Hall–Kier alpha value is -0.320. The third kappa shape index (κ3) is 2.09. The second-order valence-electron chi connectivity index (χ2n) is 2.83. The maximum Gasteiger partial charge on any atom is 0.320 e. The van der Waals surface area contributed by atoms with Crippen molar-refractivity contribution in [1.29, 1.82) is 0 Å². The first-order valence-electron chi connectivity index (χ1n) is 3.91. The van der Waals surface area contributed by atoms with Gasteiger partial charge in [-0.2, -0.15) is 0 Å². The number of hydrogen-bond donors (Lipinski definition) is 2. The van der Waals surface area contributed by atoms with Crippen molar-refractivity contribution in [3.8, 4) is 0 Å². The van der Waals surface area contributed by atoms with Gasteiger partial charge in [0.2, 0.25) is 0 Å². The number of carboxylic acids is 1. The number of carboxylic acid groups (broad SMARTS) is 1. The zero-order chi connectivity index (χ0) is 8.43. The average molecular weight is 195 g/mol. The lowest BCUT2D eigenvalue weighted by atomic mass is 10.2. The van der Waals surface area contributed by atoms with Crippen molar-refractivity contribution in [3.63, 3.8) is 0 Å². The number of likely N-dealkylation sites (tertiary alicyclic amines) is 1. The van der Waals surface area contributed by atoms with Gasteiger partial charge in [-0.3, -0.25) is 9.69 Å². The van der Waals surface area contributed by atoms with E-state index in [1.54, 1.807) is 0 Å². The van der Waals surface area contributed by atoms with Crippen LogP contribution in [0.2, 0.25) is 0 Å². The number of halogens is 1. The van der Waals surface area contributed by atoms with E-state index in [0.29, 0.717) is 6.42 Å². The number of aliphatic carboxylic acids is 1. The molecule has 0 aromatic heterocycles. The number of likely N-dealkylation sites (N-methyl/N-ethyl adjacent to an activating group) is 1. The van der Waals surface area contributed by atoms with Gasteiger partial charge < -0.3 is 10.8 Å². The van der Waals surface area contributed by atoms with Gasteiger partial charge in [-0.05, 0) is 19.4 Å². The van der Waals surface area contributed by atoms with E-state index in [-0.39, 0.29) is 24.6 Å². The summed E-state index contributed by atoms with van der Waals surface area (Å²) in [4.78, 5) is 12.4. The maximum atomic E-state index is 10.6. The second kappa shape index (κ2) is 4.64. The number of nitrogens with zero attached hydrogens (tertiary/aromatic N) is 1. The monoisotopic (exact) mass is 194 g/mol. The molecule has 0 aromatic carbocycles. The SMILES string of the molecule is CCN1C(N)CC[C@H]1C(=O)O.Cl. The molecule has 2 atom stereocenters. The van der Waals surface area contributed by atoms with E-state index in [4.69, 9.17) is 10.8 Å². The van der Waals surface area contributed by atoms with Gasteiger partial charge in [-0.1, -0.05) is 6.92 Å². The summed E-state index contributed by atoms with van der Waals surface area (Å²) in [6.07, 6.45) is 1.43. The van der Waals surface area contributed by atoms with Crippen molar-refractivity contribution in [2.45, 2.75) is 32.0 Å². The van der Waals surface area contributed by atoms with E-state index < -0.39 is 5.97 Å². The summed E-state index contributed by atoms with van der Waals surface area (Å²) in [6.45, 7) is 2.65. The fraction of sp³-hybridized carbons (Fsp3) is 0.857. The summed E-state index contributed by atoms with van der Waals surface area (Å²) in [5.41, 5.74) is 5.68. The van der Waals surface area contributed by atoms with Crippen LogP contribution in [0.5, 0.6) is 0 Å². The van der Waals surface area contributed by atoms with E-state index in [1.807, 2.05) is 11.8 Å². The standard InChI is InChI=1S/C7H14N2O2.ClH/c1-2-9-5(7(10)11)3-4-6(9)8;/h5-6H,2-4,8H2,1H3,(H,10,11);1H/t5-,6?;/m0./s1. The summed E-state index contributed by atoms with van der Waals surface area (Å²) in [6, 6.07) is -0.352. The molecule has 1 fully saturated rings. The normalized spacial score (nSPS) is 29.8. The first-order valence-corrected chi connectivity index (χ1v) is 3.91. The summed E-state index contributed by atoms with van der Waals surface area (Å²) in [7, 11) is 0.